The highest BCUT2D eigenvalue weighted by molar-refractivity contribution is 9.10. The van der Waals surface area contributed by atoms with Crippen LogP contribution in [0.4, 0.5) is 11.4 Å². The molecule has 116 valence electrons. The Bertz CT molecular complexity index is 799. The van der Waals surface area contributed by atoms with Gasteiger partial charge in [-0.25, -0.2) is 0 Å². The van der Waals surface area contributed by atoms with E-state index >= 15 is 0 Å². The van der Waals surface area contributed by atoms with E-state index < -0.39 is 0 Å². The van der Waals surface area contributed by atoms with E-state index in [0.717, 1.165) is 46.4 Å². The molecular formula is C19H17BrN2O. The number of hydrogen-bond acceptors (Lipinski definition) is 2. The number of carbonyl (C=O) groups excluding carboxylic acids is 1. The first kappa shape index (κ1) is 14.6. The molecule has 1 atom stereocenters. The van der Waals surface area contributed by atoms with Gasteiger partial charge in [-0.05, 0) is 49.1 Å². The molecule has 1 aliphatic carbocycles. The first-order valence-electron chi connectivity index (χ1n) is 7.95. The van der Waals surface area contributed by atoms with E-state index in [1.54, 1.807) is 0 Å². The molecule has 1 heterocycles. The average molecular weight is 369 g/mol. The molecule has 0 N–H and O–H groups in total. The molecule has 1 unspecified atom stereocenters. The highest BCUT2D eigenvalue weighted by Crippen LogP contribution is 2.38. The van der Waals surface area contributed by atoms with E-state index in [0.29, 0.717) is 6.54 Å². The largest absolute Gasteiger partial charge is 0.305 e. The van der Waals surface area contributed by atoms with Crippen LogP contribution in [0.5, 0.6) is 0 Å². The first-order chi connectivity index (χ1) is 11.2. The molecule has 0 spiro atoms. The van der Waals surface area contributed by atoms with Crippen molar-refractivity contribution in [1.82, 2.24) is 0 Å². The summed E-state index contributed by atoms with van der Waals surface area (Å²) in [6.07, 6.45) is 2.91. The Morgan fingerprint density at radius 2 is 2.04 bits per heavy atom. The van der Waals surface area contributed by atoms with Crippen LogP contribution in [-0.2, 0) is 11.3 Å². The van der Waals surface area contributed by atoms with Crippen LogP contribution in [0.15, 0.2) is 58.0 Å². The monoisotopic (exact) mass is 368 g/mol. The van der Waals surface area contributed by atoms with E-state index in [-0.39, 0.29) is 11.8 Å². The van der Waals surface area contributed by atoms with E-state index in [1.807, 2.05) is 41.3 Å². The SMILES string of the molecule is O=C1C2CCCC2=Nc2ccccc2N1Cc1cccc(Br)c1. The number of benzene rings is 2. The number of rotatable bonds is 2. The second-order valence-electron chi connectivity index (χ2n) is 6.09. The molecule has 0 bridgehead atoms. The Balaban J connectivity index is 1.77. The van der Waals surface area contributed by atoms with Crippen LogP contribution >= 0.6 is 15.9 Å². The molecule has 0 aromatic heterocycles. The lowest BCUT2D eigenvalue weighted by atomic mass is 10.0. The van der Waals surface area contributed by atoms with Crippen LogP contribution in [0.25, 0.3) is 0 Å². The first-order valence-corrected chi connectivity index (χ1v) is 8.74. The van der Waals surface area contributed by atoms with Gasteiger partial charge in [0.05, 0.1) is 23.8 Å². The summed E-state index contributed by atoms with van der Waals surface area (Å²) in [5.74, 6) is 0.140. The molecule has 0 radical (unpaired) electrons. The molecule has 1 amide bonds. The zero-order valence-corrected chi connectivity index (χ0v) is 14.3. The molecule has 4 heteroatoms. The Morgan fingerprint density at radius 1 is 1.17 bits per heavy atom. The highest BCUT2D eigenvalue weighted by Gasteiger charge is 2.36. The third kappa shape index (κ3) is 2.72. The number of para-hydroxylation sites is 2. The molecule has 2 aliphatic rings. The van der Waals surface area contributed by atoms with Crippen molar-refractivity contribution in [3.63, 3.8) is 0 Å². The molecule has 1 aliphatic heterocycles. The number of hydrogen-bond donors (Lipinski definition) is 0. The molecular weight excluding hydrogens is 352 g/mol. The fourth-order valence-electron chi connectivity index (χ4n) is 3.46. The van der Waals surface area contributed by atoms with Crippen LogP contribution in [-0.4, -0.2) is 11.6 Å². The molecule has 2 aromatic carbocycles. The van der Waals surface area contributed by atoms with E-state index in [4.69, 9.17) is 4.99 Å². The molecule has 1 saturated carbocycles. The topological polar surface area (TPSA) is 32.7 Å². The minimum Gasteiger partial charge on any atom is -0.305 e. The number of halogens is 1. The van der Waals surface area contributed by atoms with Gasteiger partial charge in [-0.15, -0.1) is 0 Å². The minimum atomic E-state index is -0.0467. The van der Waals surface area contributed by atoms with Gasteiger partial charge in [0.25, 0.3) is 0 Å². The fourth-order valence-corrected chi connectivity index (χ4v) is 3.90. The van der Waals surface area contributed by atoms with Gasteiger partial charge in [0, 0.05) is 10.2 Å². The average Bonchev–Trinajstić information content (AvgIpc) is 2.97. The van der Waals surface area contributed by atoms with Gasteiger partial charge < -0.3 is 4.90 Å². The van der Waals surface area contributed by atoms with Crippen LogP contribution < -0.4 is 4.90 Å². The fraction of sp³-hybridized carbons (Fsp3) is 0.263. The van der Waals surface area contributed by atoms with Crippen LogP contribution in [0, 0.1) is 5.92 Å². The number of fused-ring (bicyclic) bond motifs is 2. The van der Waals surface area contributed by atoms with Crippen LogP contribution in [0.1, 0.15) is 24.8 Å². The summed E-state index contributed by atoms with van der Waals surface area (Å²) in [6.45, 7) is 0.578. The maximum absolute atomic E-state index is 13.1. The van der Waals surface area contributed by atoms with Gasteiger partial charge in [0.2, 0.25) is 5.91 Å². The predicted octanol–water partition coefficient (Wildman–Crippen LogP) is 4.87. The minimum absolute atomic E-state index is 0.0467. The van der Waals surface area contributed by atoms with Gasteiger partial charge in [0.1, 0.15) is 0 Å². The number of nitrogens with zero attached hydrogens (tertiary/aromatic N) is 2. The summed E-state index contributed by atoms with van der Waals surface area (Å²) in [5, 5.41) is 0. The lowest BCUT2D eigenvalue weighted by Gasteiger charge is -2.25. The lowest BCUT2D eigenvalue weighted by molar-refractivity contribution is -0.120. The van der Waals surface area contributed by atoms with Gasteiger partial charge in [-0.1, -0.05) is 40.2 Å². The van der Waals surface area contributed by atoms with Crippen molar-refractivity contribution in [2.75, 3.05) is 4.90 Å². The predicted molar refractivity (Wildman–Crippen MR) is 96.2 cm³/mol. The Hall–Kier alpha value is -1.94. The zero-order chi connectivity index (χ0) is 15.8. The molecule has 2 aromatic rings. The van der Waals surface area contributed by atoms with E-state index in [9.17, 15) is 4.79 Å². The van der Waals surface area contributed by atoms with Gasteiger partial charge >= 0.3 is 0 Å². The summed E-state index contributed by atoms with van der Waals surface area (Å²) in [4.78, 5) is 19.8. The van der Waals surface area contributed by atoms with Crippen LogP contribution in [0.2, 0.25) is 0 Å². The number of carbonyl (C=O) groups is 1. The second-order valence-corrected chi connectivity index (χ2v) is 7.01. The lowest BCUT2D eigenvalue weighted by Crippen LogP contribution is -2.36. The Labute approximate surface area is 144 Å². The zero-order valence-electron chi connectivity index (χ0n) is 12.7. The third-order valence-electron chi connectivity index (χ3n) is 4.56. The van der Waals surface area contributed by atoms with Crippen LogP contribution in [0.3, 0.4) is 0 Å². The maximum Gasteiger partial charge on any atom is 0.236 e. The summed E-state index contributed by atoms with van der Waals surface area (Å²) < 4.78 is 1.03. The highest BCUT2D eigenvalue weighted by atomic mass is 79.9. The number of aliphatic imine (C=N–C) groups is 1. The van der Waals surface area contributed by atoms with Crippen molar-refractivity contribution in [2.45, 2.75) is 25.8 Å². The van der Waals surface area contributed by atoms with E-state index in [2.05, 4.69) is 28.1 Å². The smallest absolute Gasteiger partial charge is 0.236 e. The maximum atomic E-state index is 13.1. The standard InChI is InChI=1S/C19H17BrN2O/c20-14-6-3-5-13(11-14)12-22-18-10-2-1-8-17(18)21-16-9-4-7-15(16)19(22)23/h1-3,5-6,8,10-11,15H,4,7,9,12H2. The Kier molecular flexibility index (Phi) is 3.77. The summed E-state index contributed by atoms with van der Waals surface area (Å²) in [5.41, 5.74) is 4.00. The van der Waals surface area contributed by atoms with Crippen molar-refractivity contribution in [3.8, 4) is 0 Å². The number of anilines is 1. The quantitative estimate of drug-likeness (QED) is 0.744. The van der Waals surface area contributed by atoms with Crippen molar-refractivity contribution in [2.24, 2.45) is 10.9 Å². The van der Waals surface area contributed by atoms with Crippen molar-refractivity contribution in [3.05, 3.63) is 58.6 Å². The van der Waals surface area contributed by atoms with Crippen molar-refractivity contribution in [1.29, 1.82) is 0 Å². The van der Waals surface area contributed by atoms with Crippen molar-refractivity contribution >= 4 is 38.9 Å². The van der Waals surface area contributed by atoms with Crippen molar-refractivity contribution < 1.29 is 4.79 Å². The van der Waals surface area contributed by atoms with Gasteiger partial charge in [-0.2, -0.15) is 0 Å². The summed E-state index contributed by atoms with van der Waals surface area (Å²) >= 11 is 3.51. The third-order valence-corrected chi connectivity index (χ3v) is 5.05. The molecule has 4 rings (SSSR count). The second kappa shape index (κ2) is 5.93. The molecule has 1 fully saturated rings. The summed E-state index contributed by atoms with van der Waals surface area (Å²) in [7, 11) is 0. The molecule has 23 heavy (non-hydrogen) atoms. The van der Waals surface area contributed by atoms with E-state index in [1.165, 1.54) is 0 Å². The van der Waals surface area contributed by atoms with Gasteiger partial charge in [0.15, 0.2) is 0 Å². The molecule has 3 nitrogen and oxygen atoms in total. The van der Waals surface area contributed by atoms with Gasteiger partial charge in [-0.3, -0.25) is 9.79 Å². The Morgan fingerprint density at radius 3 is 2.91 bits per heavy atom. The number of amides is 1. The normalized spacial score (nSPS) is 19.9. The summed E-state index contributed by atoms with van der Waals surface area (Å²) in [6, 6.07) is 16.1. The molecule has 0 saturated heterocycles.